The van der Waals surface area contributed by atoms with Crippen molar-refractivity contribution in [3.8, 4) is 17.2 Å². The van der Waals surface area contributed by atoms with Crippen LogP contribution < -0.4 is 0 Å². The smallest absolute Gasteiger partial charge is 0.259 e. The van der Waals surface area contributed by atoms with Crippen LogP contribution >= 0.6 is 0 Å². The summed E-state index contributed by atoms with van der Waals surface area (Å²) < 4.78 is 10.3. The zero-order chi connectivity index (χ0) is 12.1. The maximum atomic E-state index is 9.28. The SMILES string of the molecule is CCCOCc1noc(-c2cncc(O)c2)n1. The molecule has 0 aromatic carbocycles. The molecule has 0 aliphatic carbocycles. The first-order chi connectivity index (χ1) is 8.29. The summed E-state index contributed by atoms with van der Waals surface area (Å²) in [6, 6.07) is 1.51. The molecule has 0 aliphatic heterocycles. The lowest BCUT2D eigenvalue weighted by Gasteiger charge is -1.95. The summed E-state index contributed by atoms with van der Waals surface area (Å²) in [6.07, 6.45) is 3.83. The lowest BCUT2D eigenvalue weighted by molar-refractivity contribution is 0.114. The molecular weight excluding hydrogens is 222 g/mol. The molecule has 0 unspecified atom stereocenters. The predicted octanol–water partition coefficient (Wildman–Crippen LogP) is 1.76. The molecule has 0 radical (unpaired) electrons. The molecule has 17 heavy (non-hydrogen) atoms. The number of ether oxygens (including phenoxy) is 1. The van der Waals surface area contributed by atoms with Gasteiger partial charge in [0.25, 0.3) is 5.89 Å². The summed E-state index contributed by atoms with van der Waals surface area (Å²) in [5, 5.41) is 13.1. The van der Waals surface area contributed by atoms with Gasteiger partial charge >= 0.3 is 0 Å². The fourth-order valence-electron chi connectivity index (χ4n) is 1.28. The Labute approximate surface area is 98.3 Å². The van der Waals surface area contributed by atoms with Gasteiger partial charge in [-0.1, -0.05) is 12.1 Å². The van der Waals surface area contributed by atoms with Gasteiger partial charge < -0.3 is 14.4 Å². The third kappa shape index (κ3) is 3.01. The Bertz CT molecular complexity index is 484. The van der Waals surface area contributed by atoms with E-state index in [1.165, 1.54) is 12.3 Å². The highest BCUT2D eigenvalue weighted by Crippen LogP contribution is 2.19. The highest BCUT2D eigenvalue weighted by molar-refractivity contribution is 5.53. The topological polar surface area (TPSA) is 81.3 Å². The molecule has 0 saturated heterocycles. The van der Waals surface area contributed by atoms with Gasteiger partial charge in [-0.3, -0.25) is 4.98 Å². The third-order valence-electron chi connectivity index (χ3n) is 2.02. The molecule has 90 valence electrons. The molecule has 0 bridgehead atoms. The maximum Gasteiger partial charge on any atom is 0.259 e. The minimum absolute atomic E-state index is 0.0597. The van der Waals surface area contributed by atoms with Crippen molar-refractivity contribution >= 4 is 0 Å². The van der Waals surface area contributed by atoms with E-state index in [1.807, 2.05) is 6.92 Å². The van der Waals surface area contributed by atoms with E-state index in [0.717, 1.165) is 6.42 Å². The monoisotopic (exact) mass is 235 g/mol. The number of rotatable bonds is 5. The Balaban J connectivity index is 2.07. The van der Waals surface area contributed by atoms with E-state index in [9.17, 15) is 5.11 Å². The molecule has 0 atom stereocenters. The van der Waals surface area contributed by atoms with Gasteiger partial charge in [0.15, 0.2) is 5.82 Å². The molecule has 0 spiro atoms. The molecule has 2 aromatic heterocycles. The van der Waals surface area contributed by atoms with Crippen LogP contribution in [0.2, 0.25) is 0 Å². The number of nitrogens with zero attached hydrogens (tertiary/aromatic N) is 3. The first-order valence-electron chi connectivity index (χ1n) is 5.34. The Morgan fingerprint density at radius 1 is 1.41 bits per heavy atom. The molecule has 0 saturated carbocycles. The Morgan fingerprint density at radius 2 is 2.29 bits per heavy atom. The first-order valence-corrected chi connectivity index (χ1v) is 5.34. The zero-order valence-electron chi connectivity index (χ0n) is 9.46. The van der Waals surface area contributed by atoms with Crippen LogP contribution in [0.4, 0.5) is 0 Å². The van der Waals surface area contributed by atoms with Gasteiger partial charge in [0, 0.05) is 12.8 Å². The van der Waals surface area contributed by atoms with E-state index in [1.54, 1.807) is 6.20 Å². The molecule has 2 aromatic rings. The molecule has 6 nitrogen and oxygen atoms in total. The third-order valence-corrected chi connectivity index (χ3v) is 2.02. The summed E-state index contributed by atoms with van der Waals surface area (Å²) in [7, 11) is 0. The molecule has 0 aliphatic rings. The molecule has 0 fully saturated rings. The average molecular weight is 235 g/mol. The second kappa shape index (κ2) is 5.40. The highest BCUT2D eigenvalue weighted by Gasteiger charge is 2.09. The normalized spacial score (nSPS) is 10.6. The van der Waals surface area contributed by atoms with Crippen molar-refractivity contribution in [1.82, 2.24) is 15.1 Å². The Kier molecular flexibility index (Phi) is 3.66. The Hall–Kier alpha value is -1.95. The van der Waals surface area contributed by atoms with Crippen LogP contribution in [-0.4, -0.2) is 26.8 Å². The van der Waals surface area contributed by atoms with Crippen molar-refractivity contribution in [3.05, 3.63) is 24.3 Å². The van der Waals surface area contributed by atoms with Crippen molar-refractivity contribution in [3.63, 3.8) is 0 Å². The molecular formula is C11H13N3O3. The first kappa shape index (κ1) is 11.5. The van der Waals surface area contributed by atoms with E-state index in [-0.39, 0.29) is 5.75 Å². The minimum atomic E-state index is 0.0597. The van der Waals surface area contributed by atoms with Gasteiger partial charge in [-0.05, 0) is 12.5 Å². The van der Waals surface area contributed by atoms with Gasteiger partial charge in [0.2, 0.25) is 0 Å². The maximum absolute atomic E-state index is 9.28. The standard InChI is InChI=1S/C11H13N3O3/c1-2-3-16-7-10-13-11(17-14-10)8-4-9(15)6-12-5-8/h4-6,15H,2-3,7H2,1H3. The summed E-state index contributed by atoms with van der Waals surface area (Å²) in [5.74, 6) is 0.866. The molecule has 2 rings (SSSR count). The second-order valence-corrected chi connectivity index (χ2v) is 3.50. The van der Waals surface area contributed by atoms with Crippen LogP contribution in [0.5, 0.6) is 5.75 Å². The van der Waals surface area contributed by atoms with Crippen molar-refractivity contribution in [2.45, 2.75) is 20.0 Å². The van der Waals surface area contributed by atoms with E-state index in [0.29, 0.717) is 30.5 Å². The summed E-state index contributed by atoms with van der Waals surface area (Å²) >= 11 is 0. The van der Waals surface area contributed by atoms with E-state index in [4.69, 9.17) is 9.26 Å². The van der Waals surface area contributed by atoms with Crippen LogP contribution in [0.25, 0.3) is 11.5 Å². The fraction of sp³-hybridized carbons (Fsp3) is 0.364. The summed E-state index contributed by atoms with van der Waals surface area (Å²) in [5.41, 5.74) is 0.583. The number of aromatic nitrogens is 3. The molecule has 1 N–H and O–H groups in total. The minimum Gasteiger partial charge on any atom is -0.506 e. The van der Waals surface area contributed by atoms with Gasteiger partial charge in [-0.25, -0.2) is 0 Å². The molecule has 0 amide bonds. The van der Waals surface area contributed by atoms with Crippen LogP contribution in [0, 0.1) is 0 Å². The zero-order valence-corrected chi connectivity index (χ0v) is 9.46. The van der Waals surface area contributed by atoms with Gasteiger partial charge in [0.1, 0.15) is 12.4 Å². The van der Waals surface area contributed by atoms with Crippen LogP contribution in [0.3, 0.4) is 0 Å². The number of hydrogen-bond donors (Lipinski definition) is 1. The largest absolute Gasteiger partial charge is 0.506 e. The summed E-state index contributed by atoms with van der Waals surface area (Å²) in [4.78, 5) is 7.98. The van der Waals surface area contributed by atoms with Gasteiger partial charge in [-0.15, -0.1) is 0 Å². The van der Waals surface area contributed by atoms with Crippen molar-refractivity contribution < 1.29 is 14.4 Å². The number of pyridine rings is 1. The quantitative estimate of drug-likeness (QED) is 0.795. The van der Waals surface area contributed by atoms with Gasteiger partial charge in [-0.2, -0.15) is 4.98 Å². The van der Waals surface area contributed by atoms with Crippen LogP contribution in [-0.2, 0) is 11.3 Å². The lowest BCUT2D eigenvalue weighted by Crippen LogP contribution is -1.95. The summed E-state index contributed by atoms with van der Waals surface area (Å²) in [6.45, 7) is 3.02. The van der Waals surface area contributed by atoms with E-state index >= 15 is 0 Å². The van der Waals surface area contributed by atoms with E-state index < -0.39 is 0 Å². The predicted molar refractivity (Wildman–Crippen MR) is 59.1 cm³/mol. The van der Waals surface area contributed by atoms with E-state index in [2.05, 4.69) is 15.1 Å². The fourth-order valence-corrected chi connectivity index (χ4v) is 1.28. The lowest BCUT2D eigenvalue weighted by atomic mass is 10.3. The van der Waals surface area contributed by atoms with Crippen molar-refractivity contribution in [1.29, 1.82) is 0 Å². The van der Waals surface area contributed by atoms with Crippen molar-refractivity contribution in [2.24, 2.45) is 0 Å². The van der Waals surface area contributed by atoms with Gasteiger partial charge in [0.05, 0.1) is 11.8 Å². The number of hydrogen-bond acceptors (Lipinski definition) is 6. The molecule has 2 heterocycles. The highest BCUT2D eigenvalue weighted by atomic mass is 16.5. The van der Waals surface area contributed by atoms with Crippen LogP contribution in [0.1, 0.15) is 19.2 Å². The molecule has 6 heteroatoms. The Morgan fingerprint density at radius 3 is 3.06 bits per heavy atom. The second-order valence-electron chi connectivity index (χ2n) is 3.50. The average Bonchev–Trinajstić information content (AvgIpc) is 2.78. The van der Waals surface area contributed by atoms with Crippen LogP contribution in [0.15, 0.2) is 23.0 Å². The number of aromatic hydroxyl groups is 1. The van der Waals surface area contributed by atoms with Crippen molar-refractivity contribution in [2.75, 3.05) is 6.61 Å².